The second-order valence-corrected chi connectivity index (χ2v) is 11.5. The Morgan fingerprint density at radius 3 is 2.00 bits per heavy atom. The van der Waals surface area contributed by atoms with Gasteiger partial charge in [-0.15, -0.1) is 0 Å². The summed E-state index contributed by atoms with van der Waals surface area (Å²) in [6, 6.07) is 0.830. The monoisotopic (exact) mass is 195 g/mol. The standard InChI is InChI=1S/C6H17NO2SSi/c1-7-10(8,9)5-6-11(2,3)4/h7H,5-6H2,1-4H3. The van der Waals surface area contributed by atoms with Gasteiger partial charge in [-0.2, -0.15) is 0 Å². The van der Waals surface area contributed by atoms with Crippen LogP contribution in [0.3, 0.4) is 0 Å². The van der Waals surface area contributed by atoms with E-state index >= 15 is 0 Å². The summed E-state index contributed by atoms with van der Waals surface area (Å²) < 4.78 is 24.2. The van der Waals surface area contributed by atoms with Crippen molar-refractivity contribution in [2.24, 2.45) is 0 Å². The van der Waals surface area contributed by atoms with Gasteiger partial charge in [0.05, 0.1) is 5.75 Å². The zero-order valence-electron chi connectivity index (χ0n) is 7.64. The van der Waals surface area contributed by atoms with Gasteiger partial charge in [-0.1, -0.05) is 19.6 Å². The maximum Gasteiger partial charge on any atom is 0.211 e. The van der Waals surface area contributed by atoms with E-state index in [9.17, 15) is 8.42 Å². The summed E-state index contributed by atoms with van der Waals surface area (Å²) in [5.41, 5.74) is 0. The van der Waals surface area contributed by atoms with Crippen LogP contribution in [0.4, 0.5) is 0 Å². The molecule has 11 heavy (non-hydrogen) atoms. The molecule has 0 aromatic heterocycles. The van der Waals surface area contributed by atoms with Crippen LogP contribution in [0.25, 0.3) is 0 Å². The number of sulfonamides is 1. The third-order valence-electron chi connectivity index (χ3n) is 1.43. The van der Waals surface area contributed by atoms with Crippen molar-refractivity contribution in [3.63, 3.8) is 0 Å². The molecule has 5 heteroatoms. The van der Waals surface area contributed by atoms with Gasteiger partial charge in [0.2, 0.25) is 10.0 Å². The van der Waals surface area contributed by atoms with Crippen LogP contribution in [0.5, 0.6) is 0 Å². The molecular weight excluding hydrogens is 178 g/mol. The molecule has 0 saturated heterocycles. The maximum absolute atomic E-state index is 11.0. The molecule has 68 valence electrons. The van der Waals surface area contributed by atoms with E-state index in [2.05, 4.69) is 24.4 Å². The molecule has 0 aromatic rings. The minimum atomic E-state index is -2.97. The molecule has 0 aromatic carbocycles. The molecule has 0 spiro atoms. The van der Waals surface area contributed by atoms with Crippen LogP contribution < -0.4 is 4.72 Å². The largest absolute Gasteiger partial charge is 0.218 e. The molecule has 0 heterocycles. The predicted molar refractivity (Wildman–Crippen MR) is 51.0 cm³/mol. The van der Waals surface area contributed by atoms with E-state index in [1.54, 1.807) is 0 Å². The van der Waals surface area contributed by atoms with Gasteiger partial charge in [0.1, 0.15) is 0 Å². The van der Waals surface area contributed by atoms with Gasteiger partial charge < -0.3 is 0 Å². The Hall–Kier alpha value is 0.127. The molecule has 0 fully saturated rings. The van der Waals surface area contributed by atoms with E-state index in [-0.39, 0.29) is 5.75 Å². The van der Waals surface area contributed by atoms with E-state index in [4.69, 9.17) is 0 Å². The Morgan fingerprint density at radius 1 is 1.27 bits per heavy atom. The zero-order chi connectivity index (χ0) is 9.12. The van der Waals surface area contributed by atoms with Crippen molar-refractivity contribution in [1.29, 1.82) is 0 Å². The Bertz CT molecular complexity index is 205. The highest BCUT2D eigenvalue weighted by atomic mass is 32.2. The number of hydrogen-bond acceptors (Lipinski definition) is 2. The second-order valence-electron chi connectivity index (χ2n) is 3.83. The maximum atomic E-state index is 11.0. The van der Waals surface area contributed by atoms with Crippen LogP contribution in [0.1, 0.15) is 0 Å². The van der Waals surface area contributed by atoms with E-state index in [0.717, 1.165) is 6.04 Å². The molecule has 0 radical (unpaired) electrons. The van der Waals surface area contributed by atoms with Gasteiger partial charge in [0.15, 0.2) is 0 Å². The molecule has 0 unspecified atom stereocenters. The number of hydrogen-bond donors (Lipinski definition) is 1. The van der Waals surface area contributed by atoms with Crippen molar-refractivity contribution in [2.45, 2.75) is 25.7 Å². The first-order valence-corrected chi connectivity index (χ1v) is 9.04. The number of nitrogens with one attached hydrogen (secondary N) is 1. The fourth-order valence-corrected chi connectivity index (χ4v) is 4.27. The van der Waals surface area contributed by atoms with Gasteiger partial charge >= 0.3 is 0 Å². The van der Waals surface area contributed by atoms with E-state index in [1.165, 1.54) is 7.05 Å². The van der Waals surface area contributed by atoms with Crippen LogP contribution in [0.15, 0.2) is 0 Å². The van der Waals surface area contributed by atoms with Crippen LogP contribution >= 0.6 is 0 Å². The van der Waals surface area contributed by atoms with Crippen LogP contribution in [0.2, 0.25) is 25.7 Å². The van der Waals surface area contributed by atoms with Crippen molar-refractivity contribution in [1.82, 2.24) is 4.72 Å². The van der Waals surface area contributed by atoms with Gasteiger partial charge in [-0.05, 0) is 13.1 Å². The lowest BCUT2D eigenvalue weighted by Gasteiger charge is -2.14. The lowest BCUT2D eigenvalue weighted by Crippen LogP contribution is -2.29. The normalized spacial score (nSPS) is 13.5. The molecule has 0 rings (SSSR count). The Balaban J connectivity index is 3.91. The van der Waals surface area contributed by atoms with Gasteiger partial charge in [-0.3, -0.25) is 0 Å². The van der Waals surface area contributed by atoms with Crippen LogP contribution in [-0.2, 0) is 10.0 Å². The van der Waals surface area contributed by atoms with Crippen molar-refractivity contribution >= 4 is 18.1 Å². The molecule has 0 atom stereocenters. The molecular formula is C6H17NO2SSi. The van der Waals surface area contributed by atoms with Gasteiger partial charge in [0.25, 0.3) is 0 Å². The highest BCUT2D eigenvalue weighted by Gasteiger charge is 2.17. The third-order valence-corrected chi connectivity index (χ3v) is 4.91. The highest BCUT2D eigenvalue weighted by molar-refractivity contribution is 7.89. The third kappa shape index (κ3) is 6.52. The Kier molecular flexibility index (Phi) is 3.73. The first-order chi connectivity index (χ1) is 4.77. The Labute approximate surface area is 70.3 Å². The lowest BCUT2D eigenvalue weighted by molar-refractivity contribution is 0.589. The van der Waals surface area contributed by atoms with Crippen LogP contribution in [-0.4, -0.2) is 29.3 Å². The molecule has 0 aliphatic carbocycles. The summed E-state index contributed by atoms with van der Waals surface area (Å²) >= 11 is 0. The molecule has 3 nitrogen and oxygen atoms in total. The van der Waals surface area contributed by atoms with Crippen molar-refractivity contribution in [3.05, 3.63) is 0 Å². The second kappa shape index (κ2) is 3.69. The molecule has 1 N–H and O–H groups in total. The van der Waals surface area contributed by atoms with Crippen molar-refractivity contribution < 1.29 is 8.42 Å². The lowest BCUT2D eigenvalue weighted by atomic mass is 11.0. The molecule has 0 bridgehead atoms. The number of rotatable bonds is 4. The molecule has 0 aliphatic heterocycles. The molecule has 0 amide bonds. The average Bonchev–Trinajstić information content (AvgIpc) is 1.83. The minimum Gasteiger partial charge on any atom is -0.218 e. The SMILES string of the molecule is CNS(=O)(=O)CC[Si](C)(C)C. The highest BCUT2D eigenvalue weighted by Crippen LogP contribution is 2.08. The van der Waals surface area contributed by atoms with Crippen LogP contribution in [0, 0.1) is 0 Å². The quantitative estimate of drug-likeness (QED) is 0.677. The van der Waals surface area contributed by atoms with E-state index in [0.29, 0.717) is 0 Å². The predicted octanol–water partition coefficient (Wildman–Crippen LogP) is 0.874. The summed E-state index contributed by atoms with van der Waals surface area (Å²) in [6.07, 6.45) is 0. The van der Waals surface area contributed by atoms with E-state index in [1.807, 2.05) is 0 Å². The van der Waals surface area contributed by atoms with Crippen molar-refractivity contribution in [2.75, 3.05) is 12.8 Å². The first-order valence-electron chi connectivity index (χ1n) is 3.68. The summed E-state index contributed by atoms with van der Waals surface area (Å²) in [5, 5.41) is 0. The topological polar surface area (TPSA) is 46.2 Å². The minimum absolute atomic E-state index is 0.277. The Morgan fingerprint density at radius 2 is 1.73 bits per heavy atom. The first kappa shape index (κ1) is 11.1. The summed E-state index contributed by atoms with van der Waals surface area (Å²) in [5.74, 6) is 0.277. The summed E-state index contributed by atoms with van der Waals surface area (Å²) in [6.45, 7) is 6.49. The summed E-state index contributed by atoms with van der Waals surface area (Å²) in [7, 11) is -2.71. The van der Waals surface area contributed by atoms with Crippen molar-refractivity contribution in [3.8, 4) is 0 Å². The van der Waals surface area contributed by atoms with Gasteiger partial charge in [-0.25, -0.2) is 13.1 Å². The fourth-order valence-electron chi connectivity index (χ4n) is 0.543. The smallest absolute Gasteiger partial charge is 0.211 e. The fraction of sp³-hybridized carbons (Fsp3) is 1.00. The average molecular weight is 195 g/mol. The zero-order valence-corrected chi connectivity index (χ0v) is 9.46. The molecule has 0 saturated carbocycles. The van der Waals surface area contributed by atoms with Gasteiger partial charge in [0, 0.05) is 8.07 Å². The van der Waals surface area contributed by atoms with E-state index < -0.39 is 18.1 Å². The summed E-state index contributed by atoms with van der Waals surface area (Å²) in [4.78, 5) is 0. The molecule has 0 aliphatic rings.